The van der Waals surface area contributed by atoms with Crippen LogP contribution in [0.1, 0.15) is 21.5 Å². The minimum absolute atomic E-state index is 0.594. The van der Waals surface area contributed by atoms with E-state index in [1.165, 1.54) is 11.1 Å². The molecule has 0 aromatic heterocycles. The summed E-state index contributed by atoms with van der Waals surface area (Å²) in [6.45, 7) is 2.08. The van der Waals surface area contributed by atoms with Gasteiger partial charge in [-0.3, -0.25) is 4.79 Å². The molecule has 0 amide bonds. The molecule has 2 aromatic rings. The second-order valence-corrected chi connectivity index (χ2v) is 5.53. The first kappa shape index (κ1) is 13.2. The summed E-state index contributed by atoms with van der Waals surface area (Å²) in [5.74, 6) is 0.851. The summed E-state index contributed by atoms with van der Waals surface area (Å²) in [5, 5.41) is 0.594. The van der Waals surface area contributed by atoms with Crippen molar-refractivity contribution in [2.75, 3.05) is 0 Å². The minimum Gasteiger partial charge on any atom is -0.298 e. The molecule has 0 heterocycles. The van der Waals surface area contributed by atoms with Crippen molar-refractivity contribution in [1.82, 2.24) is 0 Å². The fourth-order valence-electron chi connectivity index (χ4n) is 1.71. The lowest BCUT2D eigenvalue weighted by Gasteiger charge is -2.06. The average Bonchev–Trinajstić information content (AvgIpc) is 2.37. The van der Waals surface area contributed by atoms with E-state index in [1.54, 1.807) is 17.8 Å². The Hall–Kier alpha value is -1.25. The van der Waals surface area contributed by atoms with Crippen molar-refractivity contribution in [3.63, 3.8) is 0 Å². The van der Waals surface area contributed by atoms with Crippen LogP contribution in [0.5, 0.6) is 0 Å². The smallest absolute Gasteiger partial charge is 0.151 e. The van der Waals surface area contributed by atoms with Crippen molar-refractivity contribution < 1.29 is 4.79 Å². The van der Waals surface area contributed by atoms with Crippen LogP contribution in [0.3, 0.4) is 0 Å². The molecular formula is C15H13ClOS. The van der Waals surface area contributed by atoms with Gasteiger partial charge < -0.3 is 0 Å². The van der Waals surface area contributed by atoms with Crippen LogP contribution in [0.2, 0.25) is 5.02 Å². The van der Waals surface area contributed by atoms with E-state index in [-0.39, 0.29) is 0 Å². The largest absolute Gasteiger partial charge is 0.298 e. The molecule has 3 heteroatoms. The summed E-state index contributed by atoms with van der Waals surface area (Å²) in [7, 11) is 0. The molecule has 0 aliphatic rings. The number of hydrogen-bond acceptors (Lipinski definition) is 2. The highest BCUT2D eigenvalue weighted by molar-refractivity contribution is 7.98. The summed E-state index contributed by atoms with van der Waals surface area (Å²) in [6, 6.07) is 13.8. The zero-order valence-electron chi connectivity index (χ0n) is 10.0. The Morgan fingerprint density at radius 3 is 2.78 bits per heavy atom. The lowest BCUT2D eigenvalue weighted by Crippen LogP contribution is -1.87. The van der Waals surface area contributed by atoms with Crippen LogP contribution in [0.4, 0.5) is 0 Å². The van der Waals surface area contributed by atoms with Crippen molar-refractivity contribution in [1.29, 1.82) is 0 Å². The first-order valence-electron chi connectivity index (χ1n) is 5.62. The van der Waals surface area contributed by atoms with Gasteiger partial charge in [0.1, 0.15) is 0 Å². The summed E-state index contributed by atoms with van der Waals surface area (Å²) in [6.07, 6.45) is 0.852. The Labute approximate surface area is 116 Å². The van der Waals surface area contributed by atoms with Gasteiger partial charge in [0.05, 0.1) is 0 Å². The highest BCUT2D eigenvalue weighted by Gasteiger charge is 2.04. The summed E-state index contributed by atoms with van der Waals surface area (Å²) < 4.78 is 0. The second-order valence-electron chi connectivity index (χ2n) is 4.08. The molecule has 2 aromatic carbocycles. The first-order chi connectivity index (χ1) is 8.69. The van der Waals surface area contributed by atoms with E-state index in [0.29, 0.717) is 10.6 Å². The Bertz CT molecular complexity index is 566. The van der Waals surface area contributed by atoms with Crippen LogP contribution in [-0.4, -0.2) is 6.29 Å². The topological polar surface area (TPSA) is 17.1 Å². The Kier molecular flexibility index (Phi) is 4.45. The number of halogens is 1. The lowest BCUT2D eigenvalue weighted by atomic mass is 10.2. The van der Waals surface area contributed by atoms with Crippen LogP contribution >= 0.6 is 23.4 Å². The van der Waals surface area contributed by atoms with E-state index < -0.39 is 0 Å². The van der Waals surface area contributed by atoms with Crippen LogP contribution in [0.15, 0.2) is 47.4 Å². The van der Waals surface area contributed by atoms with Gasteiger partial charge in [-0.2, -0.15) is 0 Å². The molecule has 2 rings (SSSR count). The predicted molar refractivity (Wildman–Crippen MR) is 77.6 cm³/mol. The molecule has 0 saturated carbocycles. The highest BCUT2D eigenvalue weighted by Crippen LogP contribution is 2.27. The summed E-state index contributed by atoms with van der Waals surface area (Å²) >= 11 is 7.52. The fourth-order valence-corrected chi connectivity index (χ4v) is 2.83. The third kappa shape index (κ3) is 3.37. The number of aryl methyl sites for hydroxylation is 1. The molecule has 92 valence electrons. The number of thioether (sulfide) groups is 1. The van der Waals surface area contributed by atoms with Gasteiger partial charge in [0.25, 0.3) is 0 Å². The van der Waals surface area contributed by atoms with Crippen LogP contribution in [0.25, 0.3) is 0 Å². The molecule has 0 unspecified atom stereocenters. The van der Waals surface area contributed by atoms with Crippen molar-refractivity contribution in [3.8, 4) is 0 Å². The maximum atomic E-state index is 11.0. The standard InChI is InChI=1S/C15H13ClOS/c1-11-3-2-4-12(7-11)10-18-15-6-5-14(16)8-13(15)9-17/h2-9H,10H2,1H3. The van der Waals surface area contributed by atoms with Crippen LogP contribution in [-0.2, 0) is 5.75 Å². The van der Waals surface area contributed by atoms with Gasteiger partial charge in [-0.15, -0.1) is 11.8 Å². The number of hydrogen-bond donors (Lipinski definition) is 0. The van der Waals surface area contributed by atoms with Gasteiger partial charge in [-0.05, 0) is 30.7 Å². The molecule has 0 spiro atoms. The molecule has 0 N–H and O–H groups in total. The third-order valence-corrected chi connectivity index (χ3v) is 3.97. The van der Waals surface area contributed by atoms with Crippen molar-refractivity contribution in [3.05, 3.63) is 64.2 Å². The maximum Gasteiger partial charge on any atom is 0.151 e. The molecule has 0 radical (unpaired) electrons. The molecule has 0 aliphatic carbocycles. The number of rotatable bonds is 4. The fraction of sp³-hybridized carbons (Fsp3) is 0.133. The molecule has 0 saturated heterocycles. The molecule has 1 nitrogen and oxygen atoms in total. The highest BCUT2D eigenvalue weighted by atomic mass is 35.5. The second kappa shape index (κ2) is 6.07. The monoisotopic (exact) mass is 276 g/mol. The average molecular weight is 277 g/mol. The number of benzene rings is 2. The number of carbonyl (C=O) groups is 1. The van der Waals surface area contributed by atoms with E-state index in [1.807, 2.05) is 18.2 Å². The maximum absolute atomic E-state index is 11.0. The van der Waals surface area contributed by atoms with E-state index in [4.69, 9.17) is 11.6 Å². The Morgan fingerprint density at radius 1 is 1.22 bits per heavy atom. The van der Waals surface area contributed by atoms with Gasteiger partial charge in [-0.25, -0.2) is 0 Å². The van der Waals surface area contributed by atoms with E-state index in [0.717, 1.165) is 16.9 Å². The predicted octanol–water partition coefficient (Wildman–Crippen LogP) is 4.75. The van der Waals surface area contributed by atoms with Crippen LogP contribution in [0, 0.1) is 6.92 Å². The Morgan fingerprint density at radius 2 is 2.06 bits per heavy atom. The molecule has 0 aliphatic heterocycles. The zero-order valence-corrected chi connectivity index (χ0v) is 11.6. The minimum atomic E-state index is 0.594. The van der Waals surface area contributed by atoms with E-state index in [9.17, 15) is 4.79 Å². The van der Waals surface area contributed by atoms with Crippen molar-refractivity contribution in [2.45, 2.75) is 17.6 Å². The summed E-state index contributed by atoms with van der Waals surface area (Å²) in [5.41, 5.74) is 3.16. The molecule has 0 fully saturated rings. The van der Waals surface area contributed by atoms with E-state index >= 15 is 0 Å². The van der Waals surface area contributed by atoms with Crippen LogP contribution < -0.4 is 0 Å². The molecular weight excluding hydrogens is 264 g/mol. The molecule has 18 heavy (non-hydrogen) atoms. The molecule has 0 bridgehead atoms. The SMILES string of the molecule is Cc1cccc(CSc2ccc(Cl)cc2C=O)c1. The quantitative estimate of drug-likeness (QED) is 0.592. The zero-order chi connectivity index (χ0) is 13.0. The van der Waals surface area contributed by atoms with Crippen molar-refractivity contribution in [2.24, 2.45) is 0 Å². The van der Waals surface area contributed by atoms with Gasteiger partial charge in [0, 0.05) is 21.2 Å². The normalized spacial score (nSPS) is 10.3. The Balaban J connectivity index is 2.13. The first-order valence-corrected chi connectivity index (χ1v) is 6.98. The van der Waals surface area contributed by atoms with Gasteiger partial charge in [-0.1, -0.05) is 41.4 Å². The summed E-state index contributed by atoms with van der Waals surface area (Å²) in [4.78, 5) is 11.9. The van der Waals surface area contributed by atoms with Gasteiger partial charge in [0.2, 0.25) is 0 Å². The molecule has 0 atom stereocenters. The van der Waals surface area contributed by atoms with E-state index in [2.05, 4.69) is 25.1 Å². The van der Waals surface area contributed by atoms with Crippen molar-refractivity contribution >= 4 is 29.6 Å². The lowest BCUT2D eigenvalue weighted by molar-refractivity contribution is 0.112. The van der Waals surface area contributed by atoms with Gasteiger partial charge >= 0.3 is 0 Å². The number of carbonyl (C=O) groups excluding carboxylic acids is 1. The van der Waals surface area contributed by atoms with Gasteiger partial charge in [0.15, 0.2) is 6.29 Å². The number of aldehydes is 1. The third-order valence-electron chi connectivity index (χ3n) is 2.58.